The summed E-state index contributed by atoms with van der Waals surface area (Å²) >= 11 is 0. The van der Waals surface area contributed by atoms with E-state index in [9.17, 15) is 14.4 Å². The van der Waals surface area contributed by atoms with Gasteiger partial charge in [0.05, 0.1) is 6.54 Å². The van der Waals surface area contributed by atoms with E-state index in [4.69, 9.17) is 5.73 Å². The van der Waals surface area contributed by atoms with E-state index in [0.717, 1.165) is 41.2 Å². The van der Waals surface area contributed by atoms with Gasteiger partial charge in [-0.1, -0.05) is 31.0 Å². The number of nitrogens with one attached hydrogen (secondary N) is 1. The Kier molecular flexibility index (Phi) is 4.60. The van der Waals surface area contributed by atoms with Gasteiger partial charge in [-0.15, -0.1) is 0 Å². The molecule has 0 unspecified atom stereocenters. The third-order valence-electron chi connectivity index (χ3n) is 4.80. The van der Waals surface area contributed by atoms with Crippen molar-refractivity contribution in [3.63, 3.8) is 0 Å². The van der Waals surface area contributed by atoms with Gasteiger partial charge >= 0.3 is 17.8 Å². The van der Waals surface area contributed by atoms with Crippen molar-refractivity contribution in [3.05, 3.63) is 36.2 Å². The van der Waals surface area contributed by atoms with Gasteiger partial charge in [-0.25, -0.2) is 9.69 Å². The number of amides is 4. The van der Waals surface area contributed by atoms with Gasteiger partial charge < -0.3 is 11.1 Å². The molecular weight excluding hydrogens is 362 g/mol. The lowest BCUT2D eigenvalue weighted by molar-refractivity contribution is -0.144. The van der Waals surface area contributed by atoms with Crippen LogP contribution in [0.1, 0.15) is 31.5 Å². The summed E-state index contributed by atoms with van der Waals surface area (Å²) in [6.45, 7) is -0.247. The fraction of sp³-hybridized carbons (Fsp3) is 0.333. The molecule has 2 heterocycles. The van der Waals surface area contributed by atoms with Crippen LogP contribution < -0.4 is 11.1 Å². The molecule has 0 atom stereocenters. The van der Waals surface area contributed by atoms with E-state index in [2.05, 4.69) is 20.3 Å². The average Bonchev–Trinajstić information content (AvgIpc) is 3.26. The average molecular weight is 381 g/mol. The van der Waals surface area contributed by atoms with Crippen molar-refractivity contribution in [1.29, 1.82) is 0 Å². The first-order valence-electron chi connectivity index (χ1n) is 9.04. The van der Waals surface area contributed by atoms with E-state index >= 15 is 0 Å². The number of nitrogens with two attached hydrogens (primary N) is 1. The molecule has 1 saturated heterocycles. The molecule has 3 N–H and O–H groups in total. The molecule has 4 rings (SSSR count). The number of rotatable bonds is 5. The summed E-state index contributed by atoms with van der Waals surface area (Å²) in [4.78, 5) is 51.5. The van der Waals surface area contributed by atoms with E-state index in [0.29, 0.717) is 0 Å². The van der Waals surface area contributed by atoms with Crippen molar-refractivity contribution in [2.24, 2.45) is 0 Å². The van der Waals surface area contributed by atoms with Gasteiger partial charge in [-0.05, 0) is 25.0 Å². The van der Waals surface area contributed by atoms with Crippen LogP contribution >= 0.6 is 0 Å². The van der Waals surface area contributed by atoms with Crippen LogP contribution in [-0.2, 0) is 16.1 Å². The number of imide groups is 2. The van der Waals surface area contributed by atoms with E-state index < -0.39 is 17.8 Å². The molecule has 0 spiro atoms. The van der Waals surface area contributed by atoms with Crippen LogP contribution in [0.15, 0.2) is 30.3 Å². The van der Waals surface area contributed by atoms with Gasteiger partial charge in [0.25, 0.3) is 0 Å². The fourth-order valence-corrected chi connectivity index (χ4v) is 3.50. The summed E-state index contributed by atoms with van der Waals surface area (Å²) in [5.41, 5.74) is 6.49. The highest BCUT2D eigenvalue weighted by Gasteiger charge is 2.48. The molecule has 10 nitrogen and oxygen atoms in total. The Morgan fingerprint density at radius 3 is 2.43 bits per heavy atom. The van der Waals surface area contributed by atoms with Gasteiger partial charge in [-0.2, -0.15) is 15.0 Å². The number of carbonyl (C=O) groups is 3. The third kappa shape index (κ3) is 3.36. The minimum Gasteiger partial charge on any atom is -0.368 e. The summed E-state index contributed by atoms with van der Waals surface area (Å²) < 4.78 is 0. The van der Waals surface area contributed by atoms with Crippen LogP contribution in [0.25, 0.3) is 0 Å². The normalized spacial score (nSPS) is 17.6. The first-order valence-corrected chi connectivity index (χ1v) is 9.04. The third-order valence-corrected chi connectivity index (χ3v) is 4.80. The fourth-order valence-electron chi connectivity index (χ4n) is 3.50. The monoisotopic (exact) mass is 381 g/mol. The zero-order valence-electron chi connectivity index (χ0n) is 15.0. The Labute approximate surface area is 160 Å². The summed E-state index contributed by atoms with van der Waals surface area (Å²) in [5, 5.41) is 2.99. The minimum absolute atomic E-state index is 0.0542. The SMILES string of the molecule is Nc1nc(CN2C(=O)C(=O)N(C3CCCC3)C2=O)nc(Nc2ccccc2)n1. The molecule has 144 valence electrons. The van der Waals surface area contributed by atoms with Gasteiger partial charge in [0.2, 0.25) is 11.9 Å². The molecule has 1 saturated carbocycles. The molecule has 10 heteroatoms. The van der Waals surface area contributed by atoms with Gasteiger partial charge in [-0.3, -0.25) is 14.5 Å². The van der Waals surface area contributed by atoms with Crippen LogP contribution in [-0.4, -0.2) is 48.6 Å². The zero-order chi connectivity index (χ0) is 19.7. The maximum Gasteiger partial charge on any atom is 0.334 e. The quantitative estimate of drug-likeness (QED) is 0.587. The Bertz CT molecular complexity index is 928. The molecule has 28 heavy (non-hydrogen) atoms. The van der Waals surface area contributed by atoms with Crippen molar-refractivity contribution in [1.82, 2.24) is 24.8 Å². The number of hydrogen-bond donors (Lipinski definition) is 2. The molecule has 2 fully saturated rings. The molecule has 1 aromatic carbocycles. The number of para-hydroxylation sites is 1. The molecule has 0 radical (unpaired) electrons. The Balaban J connectivity index is 1.54. The highest BCUT2D eigenvalue weighted by molar-refractivity contribution is 6.44. The molecule has 1 aromatic heterocycles. The molecule has 0 bridgehead atoms. The van der Waals surface area contributed by atoms with Gasteiger partial charge in [0.15, 0.2) is 5.82 Å². The molecule has 1 aliphatic carbocycles. The van der Waals surface area contributed by atoms with Gasteiger partial charge in [0.1, 0.15) is 0 Å². The molecule has 1 aliphatic heterocycles. The number of anilines is 3. The predicted molar refractivity (Wildman–Crippen MR) is 99.0 cm³/mol. The lowest BCUT2D eigenvalue weighted by Gasteiger charge is -2.20. The highest BCUT2D eigenvalue weighted by atomic mass is 16.2. The lowest BCUT2D eigenvalue weighted by Crippen LogP contribution is -2.39. The Hall–Kier alpha value is -3.56. The smallest absolute Gasteiger partial charge is 0.334 e. The van der Waals surface area contributed by atoms with Gasteiger partial charge in [0, 0.05) is 11.7 Å². The van der Waals surface area contributed by atoms with Crippen LogP contribution in [0.4, 0.5) is 22.4 Å². The van der Waals surface area contributed by atoms with Crippen molar-refractivity contribution in [2.75, 3.05) is 11.1 Å². The second kappa shape index (κ2) is 7.22. The van der Waals surface area contributed by atoms with E-state index in [1.807, 2.05) is 30.3 Å². The first kappa shape index (κ1) is 17.8. The van der Waals surface area contributed by atoms with E-state index in [1.165, 1.54) is 0 Å². The number of benzene rings is 1. The highest BCUT2D eigenvalue weighted by Crippen LogP contribution is 2.28. The van der Waals surface area contributed by atoms with Crippen molar-refractivity contribution in [3.8, 4) is 0 Å². The van der Waals surface area contributed by atoms with Crippen molar-refractivity contribution < 1.29 is 14.4 Å². The minimum atomic E-state index is -0.867. The largest absolute Gasteiger partial charge is 0.368 e. The summed E-state index contributed by atoms with van der Waals surface area (Å²) in [6, 6.07) is 8.37. The number of carbonyl (C=O) groups excluding carboxylic acids is 3. The summed E-state index contributed by atoms with van der Waals surface area (Å²) in [7, 11) is 0. The summed E-state index contributed by atoms with van der Waals surface area (Å²) in [5.74, 6) is -1.41. The maximum absolute atomic E-state index is 12.7. The Morgan fingerprint density at radius 1 is 1.00 bits per heavy atom. The van der Waals surface area contributed by atoms with Crippen LogP contribution in [0.5, 0.6) is 0 Å². The number of hydrogen-bond acceptors (Lipinski definition) is 8. The number of nitrogens with zero attached hydrogens (tertiary/aromatic N) is 5. The molecule has 2 aromatic rings. The van der Waals surface area contributed by atoms with E-state index in [1.54, 1.807) is 0 Å². The maximum atomic E-state index is 12.7. The predicted octanol–water partition coefficient (Wildman–Crippen LogP) is 1.43. The topological polar surface area (TPSA) is 134 Å². The lowest BCUT2D eigenvalue weighted by atomic mass is 10.2. The number of nitrogen functional groups attached to an aromatic ring is 1. The second-order valence-electron chi connectivity index (χ2n) is 6.71. The van der Waals surface area contributed by atoms with Crippen LogP contribution in [0.3, 0.4) is 0 Å². The number of urea groups is 1. The number of aromatic nitrogens is 3. The van der Waals surface area contributed by atoms with Crippen LogP contribution in [0.2, 0.25) is 0 Å². The zero-order valence-corrected chi connectivity index (χ0v) is 15.0. The van der Waals surface area contributed by atoms with Crippen LogP contribution in [0, 0.1) is 0 Å². The first-order chi connectivity index (χ1) is 13.5. The van der Waals surface area contributed by atoms with E-state index in [-0.39, 0.29) is 30.3 Å². The second-order valence-corrected chi connectivity index (χ2v) is 6.71. The van der Waals surface area contributed by atoms with Crippen molar-refractivity contribution >= 4 is 35.4 Å². The Morgan fingerprint density at radius 2 is 1.71 bits per heavy atom. The molecular formula is C18H19N7O3. The van der Waals surface area contributed by atoms with Crippen molar-refractivity contribution in [2.45, 2.75) is 38.3 Å². The molecule has 2 aliphatic rings. The molecule has 4 amide bonds. The summed E-state index contributed by atoms with van der Waals surface area (Å²) in [6.07, 6.45) is 3.33. The standard InChI is InChI=1S/C18H19N7O3/c19-16-21-13(22-17(23-16)20-11-6-2-1-3-7-11)10-24-14(26)15(27)25(18(24)28)12-8-4-5-9-12/h1-3,6-7,12H,4-5,8-10H2,(H3,19,20,21,22,23).